The van der Waals surface area contributed by atoms with E-state index in [1.165, 1.54) is 12.2 Å². The summed E-state index contributed by atoms with van der Waals surface area (Å²) in [5.41, 5.74) is 1.69. The number of benzene rings is 2. The molecule has 0 aliphatic rings. The average Bonchev–Trinajstić information content (AvgIpc) is 2.72. The maximum atomic E-state index is 12.3. The van der Waals surface area contributed by atoms with Crippen molar-refractivity contribution in [2.75, 3.05) is 11.9 Å². The van der Waals surface area contributed by atoms with E-state index in [1.807, 2.05) is 24.3 Å². The Morgan fingerprint density at radius 3 is 2.07 bits per heavy atom. The fourth-order valence-electron chi connectivity index (χ4n) is 2.24. The van der Waals surface area contributed by atoms with Crippen molar-refractivity contribution in [1.29, 1.82) is 10.5 Å². The van der Waals surface area contributed by atoms with Gasteiger partial charge in [0.1, 0.15) is 23.3 Å². The number of rotatable bonds is 6. The molecule has 28 heavy (non-hydrogen) atoms. The summed E-state index contributed by atoms with van der Waals surface area (Å²) in [6, 6.07) is 19.3. The van der Waals surface area contributed by atoms with E-state index in [2.05, 4.69) is 5.32 Å². The summed E-state index contributed by atoms with van der Waals surface area (Å²) in [4.78, 5) is 23.9. The quantitative estimate of drug-likeness (QED) is 0.474. The van der Waals surface area contributed by atoms with Crippen molar-refractivity contribution in [3.63, 3.8) is 0 Å². The molecule has 0 unspecified atom stereocenters. The van der Waals surface area contributed by atoms with Crippen LogP contribution < -0.4 is 5.32 Å². The van der Waals surface area contributed by atoms with Crippen molar-refractivity contribution in [2.24, 2.45) is 0 Å². The summed E-state index contributed by atoms with van der Waals surface area (Å²) >= 11 is 0. The predicted octanol–water partition coefficient (Wildman–Crippen LogP) is 3.70. The number of hydrogen-bond donors (Lipinski definition) is 1. The summed E-state index contributed by atoms with van der Waals surface area (Å²) in [5, 5.41) is 20.9. The molecule has 2 aromatic rings. The zero-order valence-corrected chi connectivity index (χ0v) is 15.2. The Morgan fingerprint density at radius 2 is 1.50 bits per heavy atom. The second-order valence-electron chi connectivity index (χ2n) is 5.55. The molecule has 0 saturated heterocycles. The van der Waals surface area contributed by atoms with Crippen molar-refractivity contribution in [1.82, 2.24) is 0 Å². The van der Waals surface area contributed by atoms with E-state index < -0.39 is 11.9 Å². The molecule has 0 aliphatic heterocycles. The van der Waals surface area contributed by atoms with Crippen LogP contribution in [0.1, 0.15) is 18.1 Å². The maximum Gasteiger partial charge on any atom is 0.348 e. The molecule has 0 heterocycles. The lowest BCUT2D eigenvalue weighted by Gasteiger charge is -2.05. The molecule has 0 spiro atoms. The molecule has 2 rings (SSSR count). The molecule has 0 bridgehead atoms. The van der Waals surface area contributed by atoms with Crippen LogP contribution in [0.5, 0.6) is 0 Å². The highest BCUT2D eigenvalue weighted by molar-refractivity contribution is 6.09. The number of ether oxygens (including phenoxy) is 1. The van der Waals surface area contributed by atoms with Crippen LogP contribution in [0.2, 0.25) is 0 Å². The highest BCUT2D eigenvalue weighted by atomic mass is 16.5. The van der Waals surface area contributed by atoms with Gasteiger partial charge in [-0.2, -0.15) is 10.5 Å². The molecule has 1 N–H and O–H groups in total. The lowest BCUT2D eigenvalue weighted by Crippen LogP contribution is -2.13. The summed E-state index contributed by atoms with van der Waals surface area (Å²) in [6.07, 6.45) is 2.91. The second-order valence-corrected chi connectivity index (χ2v) is 5.55. The van der Waals surface area contributed by atoms with E-state index in [-0.39, 0.29) is 17.8 Å². The average molecular weight is 371 g/mol. The van der Waals surface area contributed by atoms with Gasteiger partial charge in [0.25, 0.3) is 5.91 Å². The van der Waals surface area contributed by atoms with Crippen molar-refractivity contribution in [2.45, 2.75) is 6.92 Å². The van der Waals surface area contributed by atoms with Crippen LogP contribution >= 0.6 is 0 Å². The molecular formula is C22H17N3O3. The summed E-state index contributed by atoms with van der Waals surface area (Å²) in [6.45, 7) is 1.84. The topological polar surface area (TPSA) is 103 Å². The van der Waals surface area contributed by atoms with Gasteiger partial charge in [-0.25, -0.2) is 4.79 Å². The van der Waals surface area contributed by atoms with Crippen LogP contribution in [0.15, 0.2) is 65.7 Å². The second kappa shape index (κ2) is 10.1. The summed E-state index contributed by atoms with van der Waals surface area (Å²) in [7, 11) is 0. The number of carbonyl (C=O) groups excluding carboxylic acids is 2. The Morgan fingerprint density at radius 1 is 0.929 bits per heavy atom. The van der Waals surface area contributed by atoms with Crippen LogP contribution in [0.3, 0.4) is 0 Å². The van der Waals surface area contributed by atoms with E-state index in [0.717, 1.165) is 5.56 Å². The highest BCUT2D eigenvalue weighted by Crippen LogP contribution is 2.15. The van der Waals surface area contributed by atoms with Crippen LogP contribution in [0.4, 0.5) is 5.69 Å². The molecule has 0 aliphatic carbocycles. The van der Waals surface area contributed by atoms with Gasteiger partial charge in [-0.15, -0.1) is 0 Å². The Labute approximate surface area is 163 Å². The third-order valence-corrected chi connectivity index (χ3v) is 3.57. The fraction of sp³-hybridized carbons (Fsp3) is 0.0909. The zero-order chi connectivity index (χ0) is 20.4. The standard InChI is InChI=1S/C22H17N3O3/c1-2-28-22(27)19(15-24)13-17-8-10-20(11-9-17)25-21(26)18(14-23)12-16-6-4-3-5-7-16/h3-13H,2H2,1H3,(H,25,26). The van der Waals surface area contributed by atoms with E-state index in [1.54, 1.807) is 49.4 Å². The third-order valence-electron chi connectivity index (χ3n) is 3.57. The van der Waals surface area contributed by atoms with Gasteiger partial charge in [0.15, 0.2) is 0 Å². The van der Waals surface area contributed by atoms with Crippen molar-refractivity contribution in [3.05, 3.63) is 76.9 Å². The molecular weight excluding hydrogens is 354 g/mol. The number of esters is 1. The summed E-state index contributed by atoms with van der Waals surface area (Å²) < 4.78 is 4.81. The molecule has 0 aromatic heterocycles. The Balaban J connectivity index is 2.12. The van der Waals surface area contributed by atoms with E-state index in [4.69, 9.17) is 10.00 Å². The van der Waals surface area contributed by atoms with Crippen molar-refractivity contribution < 1.29 is 14.3 Å². The number of amides is 1. The number of anilines is 1. The first-order valence-electron chi connectivity index (χ1n) is 8.44. The smallest absolute Gasteiger partial charge is 0.348 e. The lowest BCUT2D eigenvalue weighted by molar-refractivity contribution is -0.137. The molecule has 0 fully saturated rings. The SMILES string of the molecule is CCOC(=O)C(C#N)=Cc1ccc(NC(=O)C(C#N)=Cc2ccccc2)cc1. The molecule has 0 radical (unpaired) electrons. The van der Waals surface area contributed by atoms with Gasteiger partial charge in [-0.1, -0.05) is 42.5 Å². The highest BCUT2D eigenvalue weighted by Gasteiger charge is 2.11. The number of hydrogen-bond acceptors (Lipinski definition) is 5. The largest absolute Gasteiger partial charge is 0.462 e. The van der Waals surface area contributed by atoms with Crippen molar-refractivity contribution in [3.8, 4) is 12.1 Å². The molecule has 138 valence electrons. The first-order chi connectivity index (χ1) is 13.6. The Kier molecular flexibility index (Phi) is 7.27. The summed E-state index contributed by atoms with van der Waals surface area (Å²) in [5.74, 6) is -1.22. The van der Waals surface area contributed by atoms with Gasteiger partial charge < -0.3 is 10.1 Å². The van der Waals surface area contributed by atoms with Gasteiger partial charge >= 0.3 is 5.97 Å². The number of nitrogens with zero attached hydrogens (tertiary/aromatic N) is 2. The Bertz CT molecular complexity index is 992. The normalized spacial score (nSPS) is 11.1. The van der Waals surface area contributed by atoms with Gasteiger partial charge in [0.05, 0.1) is 6.61 Å². The molecule has 0 atom stereocenters. The van der Waals surface area contributed by atoms with Crippen LogP contribution in [0.25, 0.3) is 12.2 Å². The van der Waals surface area contributed by atoms with Gasteiger partial charge in [0.2, 0.25) is 0 Å². The van der Waals surface area contributed by atoms with Gasteiger partial charge in [0, 0.05) is 5.69 Å². The van der Waals surface area contributed by atoms with Crippen LogP contribution in [-0.2, 0) is 14.3 Å². The minimum Gasteiger partial charge on any atom is -0.462 e. The third kappa shape index (κ3) is 5.69. The predicted molar refractivity (Wildman–Crippen MR) is 105 cm³/mol. The minimum atomic E-state index is -0.688. The molecule has 0 saturated carbocycles. The zero-order valence-electron chi connectivity index (χ0n) is 15.2. The number of carbonyl (C=O) groups is 2. The first-order valence-corrected chi connectivity index (χ1v) is 8.44. The minimum absolute atomic E-state index is 0.0238. The maximum absolute atomic E-state index is 12.3. The first kappa shape index (κ1) is 20.2. The van der Waals surface area contributed by atoms with Crippen molar-refractivity contribution >= 4 is 29.7 Å². The monoisotopic (exact) mass is 371 g/mol. The van der Waals surface area contributed by atoms with Crippen LogP contribution in [-0.4, -0.2) is 18.5 Å². The molecule has 1 amide bonds. The molecule has 6 nitrogen and oxygen atoms in total. The number of nitrogens with one attached hydrogen (secondary N) is 1. The lowest BCUT2D eigenvalue weighted by atomic mass is 10.1. The van der Waals surface area contributed by atoms with Gasteiger partial charge in [-0.3, -0.25) is 4.79 Å². The Hall–Kier alpha value is -4.16. The number of nitriles is 2. The fourth-order valence-corrected chi connectivity index (χ4v) is 2.24. The van der Waals surface area contributed by atoms with Gasteiger partial charge in [-0.05, 0) is 42.3 Å². The van der Waals surface area contributed by atoms with E-state index >= 15 is 0 Å². The molecule has 6 heteroatoms. The van der Waals surface area contributed by atoms with E-state index in [9.17, 15) is 14.9 Å². The van der Waals surface area contributed by atoms with E-state index in [0.29, 0.717) is 11.3 Å². The molecule has 2 aromatic carbocycles. The van der Waals surface area contributed by atoms with Crippen LogP contribution in [0, 0.1) is 22.7 Å².